The Morgan fingerprint density at radius 3 is 2.71 bits per heavy atom. The van der Waals surface area contributed by atoms with Crippen molar-refractivity contribution in [2.45, 2.75) is 44.1 Å². The zero-order valence-electron chi connectivity index (χ0n) is 13.9. The van der Waals surface area contributed by atoms with Crippen LogP contribution in [0.5, 0.6) is 0 Å². The summed E-state index contributed by atoms with van der Waals surface area (Å²) in [7, 11) is 1.88. The number of nitrogens with zero attached hydrogens (tertiary/aromatic N) is 3. The maximum atomic E-state index is 14.4. The van der Waals surface area contributed by atoms with Crippen molar-refractivity contribution >= 4 is 11.6 Å². The highest BCUT2D eigenvalue weighted by Gasteiger charge is 2.48. The molecule has 0 aliphatic heterocycles. The molecule has 2 saturated carbocycles. The van der Waals surface area contributed by atoms with E-state index in [1.807, 2.05) is 19.4 Å². The van der Waals surface area contributed by atoms with Crippen molar-refractivity contribution in [1.82, 2.24) is 9.78 Å². The summed E-state index contributed by atoms with van der Waals surface area (Å²) in [4.78, 5) is 14.9. The molecule has 0 radical (unpaired) electrons. The van der Waals surface area contributed by atoms with Gasteiger partial charge in [0.15, 0.2) is 0 Å². The second-order valence-corrected chi connectivity index (χ2v) is 6.99. The lowest BCUT2D eigenvalue weighted by Crippen LogP contribution is -2.40. The molecule has 2 fully saturated rings. The van der Waals surface area contributed by atoms with E-state index in [9.17, 15) is 9.18 Å². The van der Waals surface area contributed by atoms with Gasteiger partial charge in [0.05, 0.1) is 11.9 Å². The predicted octanol–water partition coefficient (Wildman–Crippen LogP) is 3.64. The lowest BCUT2D eigenvalue weighted by Gasteiger charge is -2.29. The zero-order valence-corrected chi connectivity index (χ0v) is 13.9. The first-order valence-electron chi connectivity index (χ1n) is 8.71. The molecule has 2 aliphatic rings. The molecule has 0 spiro atoms. The number of anilines is 1. The lowest BCUT2D eigenvalue weighted by atomic mass is 10.1. The van der Waals surface area contributed by atoms with Gasteiger partial charge in [0.25, 0.3) is 0 Å². The molecular formula is C19H22FN3O. The molecule has 0 unspecified atom stereocenters. The minimum atomic E-state index is -0.309. The van der Waals surface area contributed by atoms with Gasteiger partial charge in [-0.05, 0) is 42.9 Å². The summed E-state index contributed by atoms with van der Waals surface area (Å²) in [6.07, 6.45) is 8.79. The second kappa shape index (κ2) is 6.04. The van der Waals surface area contributed by atoms with Gasteiger partial charge < -0.3 is 4.90 Å². The number of carbonyl (C=O) groups excluding carboxylic acids is 1. The van der Waals surface area contributed by atoms with Crippen LogP contribution in [-0.4, -0.2) is 21.7 Å². The van der Waals surface area contributed by atoms with Crippen molar-refractivity contribution in [3.05, 3.63) is 48.0 Å². The molecule has 0 bridgehead atoms. The van der Waals surface area contributed by atoms with Gasteiger partial charge in [-0.1, -0.05) is 25.0 Å². The van der Waals surface area contributed by atoms with Gasteiger partial charge in [-0.25, -0.2) is 4.39 Å². The molecule has 1 aromatic heterocycles. The average molecular weight is 327 g/mol. The molecule has 2 atom stereocenters. The molecule has 24 heavy (non-hydrogen) atoms. The van der Waals surface area contributed by atoms with E-state index in [2.05, 4.69) is 5.10 Å². The third-order valence-corrected chi connectivity index (χ3v) is 5.30. The minimum absolute atomic E-state index is 0.0468. The first kappa shape index (κ1) is 15.4. The van der Waals surface area contributed by atoms with E-state index in [4.69, 9.17) is 0 Å². The van der Waals surface area contributed by atoms with Crippen molar-refractivity contribution in [1.29, 1.82) is 0 Å². The van der Waals surface area contributed by atoms with Crippen LogP contribution in [0.4, 0.5) is 10.1 Å². The van der Waals surface area contributed by atoms with Crippen LogP contribution in [0, 0.1) is 11.7 Å². The first-order chi connectivity index (χ1) is 11.6. The highest BCUT2D eigenvalue weighted by atomic mass is 19.1. The Balaban J connectivity index is 1.60. The zero-order chi connectivity index (χ0) is 16.7. The second-order valence-electron chi connectivity index (χ2n) is 6.99. The quantitative estimate of drug-likeness (QED) is 0.860. The molecule has 1 heterocycles. The van der Waals surface area contributed by atoms with E-state index in [1.165, 1.54) is 6.07 Å². The maximum absolute atomic E-state index is 14.4. The van der Waals surface area contributed by atoms with Gasteiger partial charge in [0, 0.05) is 25.2 Å². The standard InChI is InChI=1S/C19H22FN3O/c1-22-12-13(11-21-22)15-10-16(15)19(24)23(14-6-2-3-7-14)18-9-5-4-8-17(18)20/h4-5,8-9,11-12,14-16H,2-3,6-7,10H2,1H3/t15-,16-/m1/s1. The minimum Gasteiger partial charge on any atom is -0.306 e. The molecular weight excluding hydrogens is 305 g/mol. The summed E-state index contributed by atoms with van der Waals surface area (Å²) in [6, 6.07) is 6.78. The molecule has 2 aromatic rings. The molecule has 1 aromatic carbocycles. The Bertz CT molecular complexity index is 751. The van der Waals surface area contributed by atoms with Gasteiger partial charge >= 0.3 is 0 Å². The Labute approximate surface area is 141 Å². The lowest BCUT2D eigenvalue weighted by molar-refractivity contribution is -0.120. The van der Waals surface area contributed by atoms with E-state index in [0.29, 0.717) is 5.69 Å². The molecule has 4 nitrogen and oxygen atoms in total. The molecule has 4 rings (SSSR count). The smallest absolute Gasteiger partial charge is 0.231 e. The molecule has 1 amide bonds. The summed E-state index contributed by atoms with van der Waals surface area (Å²) in [6.45, 7) is 0. The maximum Gasteiger partial charge on any atom is 0.231 e. The van der Waals surface area contributed by atoms with E-state index in [1.54, 1.807) is 27.8 Å². The van der Waals surface area contributed by atoms with Crippen molar-refractivity contribution in [2.24, 2.45) is 13.0 Å². The number of hydrogen-bond acceptors (Lipinski definition) is 2. The van der Waals surface area contributed by atoms with Crippen molar-refractivity contribution in [3.63, 3.8) is 0 Å². The predicted molar refractivity (Wildman–Crippen MR) is 90.2 cm³/mol. The number of hydrogen-bond donors (Lipinski definition) is 0. The summed E-state index contributed by atoms with van der Waals surface area (Å²) >= 11 is 0. The number of aryl methyl sites for hydroxylation is 1. The number of carbonyl (C=O) groups is 1. The summed E-state index contributed by atoms with van der Waals surface area (Å²) < 4.78 is 16.1. The van der Waals surface area contributed by atoms with Gasteiger partial charge in [-0.2, -0.15) is 5.10 Å². The van der Waals surface area contributed by atoms with Gasteiger partial charge in [-0.3, -0.25) is 9.48 Å². The van der Waals surface area contributed by atoms with Gasteiger partial charge in [0.2, 0.25) is 5.91 Å². The molecule has 0 N–H and O–H groups in total. The van der Waals surface area contributed by atoms with Crippen LogP contribution in [0.2, 0.25) is 0 Å². The number of rotatable bonds is 4. The van der Waals surface area contributed by atoms with Gasteiger partial charge in [-0.15, -0.1) is 0 Å². The molecule has 126 valence electrons. The summed E-state index contributed by atoms with van der Waals surface area (Å²) in [5.74, 6) is -0.0616. The summed E-state index contributed by atoms with van der Waals surface area (Å²) in [5, 5.41) is 4.20. The number of halogens is 1. The first-order valence-corrected chi connectivity index (χ1v) is 8.71. The van der Waals surface area contributed by atoms with Crippen molar-refractivity contribution in [2.75, 3.05) is 4.90 Å². The Morgan fingerprint density at radius 1 is 1.29 bits per heavy atom. The van der Waals surface area contributed by atoms with Crippen LogP contribution >= 0.6 is 0 Å². The van der Waals surface area contributed by atoms with Crippen molar-refractivity contribution < 1.29 is 9.18 Å². The fourth-order valence-corrected chi connectivity index (χ4v) is 3.95. The number of amides is 1. The van der Waals surface area contributed by atoms with Crippen molar-refractivity contribution in [3.8, 4) is 0 Å². The number of para-hydroxylation sites is 1. The van der Waals surface area contributed by atoms with E-state index < -0.39 is 0 Å². The molecule has 0 saturated heterocycles. The third kappa shape index (κ3) is 2.72. The number of aromatic nitrogens is 2. The topological polar surface area (TPSA) is 38.1 Å². The fourth-order valence-electron chi connectivity index (χ4n) is 3.95. The third-order valence-electron chi connectivity index (χ3n) is 5.30. The SMILES string of the molecule is Cn1cc([C@H]2C[C@H]2C(=O)N(c2ccccc2F)C2CCCC2)cn1. The van der Waals surface area contributed by atoms with Crippen LogP contribution < -0.4 is 4.90 Å². The molecule has 2 aliphatic carbocycles. The van der Waals surface area contributed by atoms with E-state index in [0.717, 1.165) is 37.7 Å². The highest BCUT2D eigenvalue weighted by molar-refractivity contribution is 5.98. The van der Waals surface area contributed by atoms with Crippen LogP contribution in [0.1, 0.15) is 43.6 Å². The van der Waals surface area contributed by atoms with Crippen LogP contribution in [0.25, 0.3) is 0 Å². The Kier molecular flexibility index (Phi) is 3.87. The van der Waals surface area contributed by atoms with E-state index in [-0.39, 0.29) is 29.6 Å². The van der Waals surface area contributed by atoms with Crippen LogP contribution in [0.15, 0.2) is 36.7 Å². The number of benzene rings is 1. The Hall–Kier alpha value is -2.17. The average Bonchev–Trinajstić information content (AvgIpc) is 2.97. The monoisotopic (exact) mass is 327 g/mol. The fraction of sp³-hybridized carbons (Fsp3) is 0.474. The van der Waals surface area contributed by atoms with E-state index >= 15 is 0 Å². The summed E-state index contributed by atoms with van der Waals surface area (Å²) in [5.41, 5.74) is 1.54. The van der Waals surface area contributed by atoms with Gasteiger partial charge in [0.1, 0.15) is 5.82 Å². The highest BCUT2D eigenvalue weighted by Crippen LogP contribution is 2.49. The largest absolute Gasteiger partial charge is 0.306 e. The normalized spacial score (nSPS) is 23.4. The molecule has 5 heteroatoms. The van der Waals surface area contributed by atoms with Crippen LogP contribution in [0.3, 0.4) is 0 Å². The van der Waals surface area contributed by atoms with Crippen LogP contribution in [-0.2, 0) is 11.8 Å². The Morgan fingerprint density at radius 2 is 2.04 bits per heavy atom.